The summed E-state index contributed by atoms with van der Waals surface area (Å²) in [6.07, 6.45) is 1.04. The molecule has 1 saturated heterocycles. The number of nitrogens with zero attached hydrogens (tertiary/aromatic N) is 2. The summed E-state index contributed by atoms with van der Waals surface area (Å²) in [5.41, 5.74) is 2.65. The number of rotatable bonds is 12. The second-order valence-corrected chi connectivity index (χ2v) is 9.76. The largest absolute Gasteiger partial charge is 0.478 e. The summed E-state index contributed by atoms with van der Waals surface area (Å²) in [6.45, 7) is 6.00. The minimum Gasteiger partial charge on any atom is -0.478 e. The second-order valence-electron chi connectivity index (χ2n) is 9.76. The van der Waals surface area contributed by atoms with Gasteiger partial charge in [0.25, 0.3) is 0 Å². The minimum atomic E-state index is -1.26. The number of halogens is 2. The highest BCUT2D eigenvalue weighted by atomic mass is 19.1. The summed E-state index contributed by atoms with van der Waals surface area (Å²) in [4.78, 5) is 23.9. The fourth-order valence-electron chi connectivity index (χ4n) is 4.49. The Morgan fingerprint density at radius 3 is 1.62 bits per heavy atom. The van der Waals surface area contributed by atoms with Crippen molar-refractivity contribution in [1.82, 2.24) is 9.80 Å². The zero-order chi connectivity index (χ0) is 30.3. The van der Waals surface area contributed by atoms with E-state index in [9.17, 15) is 23.5 Å². The van der Waals surface area contributed by atoms with Gasteiger partial charge in [0.05, 0.1) is 12.7 Å². The standard InChI is InChI=1S/C28H32F2N2O2.C4H4O4/c29-25-10-6-23(7-11-25)28(24-8-12-26(30)13-9-24)34-21-20-32-18-16-31(17-19-32)15-14-27(33)22-4-2-1-3-5-22;5-3(6)1-2-4(7)8/h1-13,27-28,33H,14-21H2;1-2H,(H,5,6)(H,7,8)/b;2-1-. The first-order chi connectivity index (χ1) is 20.2. The van der Waals surface area contributed by atoms with Crippen molar-refractivity contribution in [1.29, 1.82) is 0 Å². The Hall–Kier alpha value is -3.96. The highest BCUT2D eigenvalue weighted by Gasteiger charge is 2.20. The van der Waals surface area contributed by atoms with Gasteiger partial charge in [-0.15, -0.1) is 0 Å². The molecule has 1 unspecified atom stereocenters. The molecule has 1 atom stereocenters. The summed E-state index contributed by atoms with van der Waals surface area (Å²) in [7, 11) is 0. The first-order valence-corrected chi connectivity index (χ1v) is 13.7. The third-order valence-electron chi connectivity index (χ3n) is 6.77. The molecule has 8 nitrogen and oxygen atoms in total. The molecule has 0 radical (unpaired) electrons. The molecule has 0 amide bonds. The van der Waals surface area contributed by atoms with Gasteiger partial charge >= 0.3 is 11.9 Å². The van der Waals surface area contributed by atoms with Crippen molar-refractivity contribution in [2.24, 2.45) is 0 Å². The van der Waals surface area contributed by atoms with Crippen LogP contribution in [0.5, 0.6) is 0 Å². The molecule has 0 saturated carbocycles. The highest BCUT2D eigenvalue weighted by Crippen LogP contribution is 2.26. The fourth-order valence-corrected chi connectivity index (χ4v) is 4.49. The Balaban J connectivity index is 0.000000531. The van der Waals surface area contributed by atoms with Crippen molar-refractivity contribution in [3.05, 3.63) is 119 Å². The van der Waals surface area contributed by atoms with E-state index in [1.165, 1.54) is 24.3 Å². The van der Waals surface area contributed by atoms with Crippen LogP contribution < -0.4 is 0 Å². The van der Waals surface area contributed by atoms with E-state index in [0.29, 0.717) is 18.8 Å². The van der Waals surface area contributed by atoms with Crippen LogP contribution in [0.4, 0.5) is 8.78 Å². The number of ether oxygens (including phenoxy) is 1. The first kappa shape index (κ1) is 32.6. The fraction of sp³-hybridized carbons (Fsp3) is 0.312. The monoisotopic (exact) mass is 582 g/mol. The summed E-state index contributed by atoms with van der Waals surface area (Å²) in [5, 5.41) is 26.0. The second kappa shape index (κ2) is 17.1. The number of aliphatic hydroxyl groups is 1. The molecule has 1 aliphatic rings. The van der Waals surface area contributed by atoms with Gasteiger partial charge in [0.2, 0.25) is 0 Å². The zero-order valence-electron chi connectivity index (χ0n) is 23.2. The van der Waals surface area contributed by atoms with E-state index in [2.05, 4.69) is 9.80 Å². The molecule has 10 heteroatoms. The molecule has 0 aromatic heterocycles. The van der Waals surface area contributed by atoms with Gasteiger partial charge in [-0.1, -0.05) is 54.6 Å². The number of aliphatic carboxylic acids is 2. The van der Waals surface area contributed by atoms with E-state index >= 15 is 0 Å². The van der Waals surface area contributed by atoms with Crippen LogP contribution in [0.2, 0.25) is 0 Å². The summed E-state index contributed by atoms with van der Waals surface area (Å²) in [5.74, 6) is -3.11. The van der Waals surface area contributed by atoms with Crippen LogP contribution in [0.15, 0.2) is 91.0 Å². The van der Waals surface area contributed by atoms with E-state index in [4.69, 9.17) is 14.9 Å². The van der Waals surface area contributed by atoms with Crippen LogP contribution in [0.25, 0.3) is 0 Å². The highest BCUT2D eigenvalue weighted by molar-refractivity contribution is 5.89. The van der Waals surface area contributed by atoms with E-state index in [-0.39, 0.29) is 17.7 Å². The Bertz CT molecular complexity index is 1200. The molecule has 1 fully saturated rings. The number of benzene rings is 3. The lowest BCUT2D eigenvalue weighted by Gasteiger charge is -2.35. The van der Waals surface area contributed by atoms with Gasteiger partial charge in [0.15, 0.2) is 0 Å². The average molecular weight is 583 g/mol. The number of carboxylic acids is 2. The molecule has 3 aromatic carbocycles. The van der Waals surface area contributed by atoms with Gasteiger partial charge in [0, 0.05) is 51.4 Å². The summed E-state index contributed by atoms with van der Waals surface area (Å²) in [6, 6.07) is 22.3. The topological polar surface area (TPSA) is 111 Å². The van der Waals surface area contributed by atoms with E-state index < -0.39 is 18.0 Å². The van der Waals surface area contributed by atoms with Crippen molar-refractivity contribution in [2.75, 3.05) is 45.9 Å². The average Bonchev–Trinajstić information content (AvgIpc) is 3.00. The van der Waals surface area contributed by atoms with Crippen LogP contribution in [-0.4, -0.2) is 82.9 Å². The Morgan fingerprint density at radius 1 is 0.714 bits per heavy atom. The molecule has 0 spiro atoms. The normalized spacial score (nSPS) is 14.9. The molecule has 224 valence electrons. The van der Waals surface area contributed by atoms with Crippen molar-refractivity contribution in [3.63, 3.8) is 0 Å². The van der Waals surface area contributed by atoms with Gasteiger partial charge in [-0.2, -0.15) is 0 Å². The maximum absolute atomic E-state index is 13.4. The number of piperazine rings is 1. The molecule has 1 aliphatic heterocycles. The van der Waals surface area contributed by atoms with Gasteiger partial charge < -0.3 is 25.0 Å². The lowest BCUT2D eigenvalue weighted by atomic mass is 10.0. The van der Waals surface area contributed by atoms with Gasteiger partial charge in [-0.3, -0.25) is 4.90 Å². The minimum absolute atomic E-state index is 0.296. The van der Waals surface area contributed by atoms with Crippen LogP contribution in [-0.2, 0) is 14.3 Å². The SMILES string of the molecule is O=C(O)/C=C\C(=O)O.OC(CCN1CCN(CCOC(c2ccc(F)cc2)c2ccc(F)cc2)CC1)c1ccccc1. The number of hydrogen-bond acceptors (Lipinski definition) is 6. The van der Waals surface area contributed by atoms with Crippen LogP contribution in [0.3, 0.4) is 0 Å². The lowest BCUT2D eigenvalue weighted by molar-refractivity contribution is -0.134. The number of carbonyl (C=O) groups is 2. The van der Waals surface area contributed by atoms with Crippen molar-refractivity contribution in [2.45, 2.75) is 18.6 Å². The van der Waals surface area contributed by atoms with Crippen LogP contribution >= 0.6 is 0 Å². The number of aliphatic hydroxyl groups excluding tert-OH is 1. The van der Waals surface area contributed by atoms with Crippen LogP contribution in [0.1, 0.15) is 35.3 Å². The van der Waals surface area contributed by atoms with E-state index in [1.54, 1.807) is 24.3 Å². The first-order valence-electron chi connectivity index (χ1n) is 13.7. The smallest absolute Gasteiger partial charge is 0.328 e. The van der Waals surface area contributed by atoms with Crippen LogP contribution in [0, 0.1) is 11.6 Å². The Morgan fingerprint density at radius 2 is 1.17 bits per heavy atom. The van der Waals surface area contributed by atoms with Crippen molar-refractivity contribution in [3.8, 4) is 0 Å². The van der Waals surface area contributed by atoms with E-state index in [1.807, 2.05) is 30.3 Å². The number of hydrogen-bond donors (Lipinski definition) is 3. The summed E-state index contributed by atoms with van der Waals surface area (Å²) < 4.78 is 33.0. The molecule has 0 bridgehead atoms. The predicted octanol–water partition coefficient (Wildman–Crippen LogP) is 4.52. The molecule has 1 heterocycles. The third-order valence-corrected chi connectivity index (χ3v) is 6.77. The lowest BCUT2D eigenvalue weighted by Crippen LogP contribution is -2.47. The maximum atomic E-state index is 13.4. The van der Waals surface area contributed by atoms with Crippen molar-refractivity contribution >= 4 is 11.9 Å². The van der Waals surface area contributed by atoms with Gasteiger partial charge in [-0.25, -0.2) is 18.4 Å². The zero-order valence-corrected chi connectivity index (χ0v) is 23.2. The third kappa shape index (κ3) is 11.5. The molecule has 3 aromatic rings. The molecular formula is C32H36F2N2O6. The summed E-state index contributed by atoms with van der Waals surface area (Å²) >= 11 is 0. The maximum Gasteiger partial charge on any atom is 0.328 e. The predicted molar refractivity (Wildman–Crippen MR) is 154 cm³/mol. The van der Waals surface area contributed by atoms with E-state index in [0.717, 1.165) is 62.4 Å². The molecule has 42 heavy (non-hydrogen) atoms. The molecular weight excluding hydrogens is 546 g/mol. The molecule has 4 rings (SSSR count). The molecule has 3 N–H and O–H groups in total. The van der Waals surface area contributed by atoms with Gasteiger partial charge in [0.1, 0.15) is 17.7 Å². The van der Waals surface area contributed by atoms with Crippen molar-refractivity contribution < 1.29 is 38.4 Å². The Labute approximate surface area is 244 Å². The number of carboxylic acid groups (broad SMARTS) is 2. The Kier molecular flexibility index (Phi) is 13.3. The quantitative estimate of drug-likeness (QED) is 0.268. The van der Waals surface area contributed by atoms with Gasteiger partial charge in [-0.05, 0) is 47.4 Å². The molecule has 0 aliphatic carbocycles.